The van der Waals surface area contributed by atoms with Crippen LogP contribution in [0.3, 0.4) is 0 Å². The molecule has 0 saturated carbocycles. The van der Waals surface area contributed by atoms with Gasteiger partial charge in [0, 0.05) is 5.56 Å². The first kappa shape index (κ1) is 20.5. The predicted molar refractivity (Wildman–Crippen MR) is 105 cm³/mol. The molecule has 0 aliphatic carbocycles. The molecule has 0 heterocycles. The highest BCUT2D eigenvalue weighted by molar-refractivity contribution is 5.97. The van der Waals surface area contributed by atoms with Crippen LogP contribution < -0.4 is 4.74 Å². The molecule has 27 heavy (non-hydrogen) atoms. The van der Waals surface area contributed by atoms with E-state index in [1.54, 1.807) is 31.2 Å². The second-order valence-corrected chi connectivity index (χ2v) is 6.93. The van der Waals surface area contributed by atoms with Gasteiger partial charge in [-0.3, -0.25) is 0 Å². The molecular formula is C22H26O5. The number of carbonyl (C=O) groups is 2. The Bertz CT molecular complexity index is 837. The average Bonchev–Trinajstić information content (AvgIpc) is 2.61. The number of hydrogen-bond acceptors (Lipinski definition) is 4. The van der Waals surface area contributed by atoms with Crippen molar-refractivity contribution in [2.75, 3.05) is 6.61 Å². The van der Waals surface area contributed by atoms with Crippen LogP contribution in [0.5, 0.6) is 5.75 Å². The first-order chi connectivity index (χ1) is 12.8. The monoisotopic (exact) mass is 370 g/mol. The molecule has 0 saturated heterocycles. The second kappa shape index (κ2) is 8.71. The molecule has 0 fully saturated rings. The minimum Gasteiger partial charge on any atom is -0.478 e. The van der Waals surface area contributed by atoms with Gasteiger partial charge in [0.25, 0.3) is 0 Å². The number of hydrogen-bond donors (Lipinski definition) is 1. The Balaban J connectivity index is 2.80. The van der Waals surface area contributed by atoms with Crippen molar-refractivity contribution in [2.45, 2.75) is 46.5 Å². The van der Waals surface area contributed by atoms with E-state index in [1.807, 2.05) is 26.0 Å². The van der Waals surface area contributed by atoms with E-state index in [1.165, 1.54) is 0 Å². The van der Waals surface area contributed by atoms with E-state index in [2.05, 4.69) is 13.8 Å². The fourth-order valence-electron chi connectivity index (χ4n) is 2.89. The maximum absolute atomic E-state index is 12.0. The summed E-state index contributed by atoms with van der Waals surface area (Å²) in [7, 11) is 0. The molecule has 0 unspecified atom stereocenters. The highest BCUT2D eigenvalue weighted by Crippen LogP contribution is 2.41. The highest BCUT2D eigenvalue weighted by atomic mass is 16.7. The van der Waals surface area contributed by atoms with Crippen molar-refractivity contribution in [3.05, 3.63) is 53.1 Å². The van der Waals surface area contributed by atoms with E-state index < -0.39 is 12.1 Å². The zero-order valence-electron chi connectivity index (χ0n) is 16.4. The van der Waals surface area contributed by atoms with Crippen molar-refractivity contribution in [3.8, 4) is 16.9 Å². The lowest BCUT2D eigenvalue weighted by Crippen LogP contribution is -2.13. The maximum Gasteiger partial charge on any atom is 0.513 e. The first-order valence-electron chi connectivity index (χ1n) is 9.11. The number of carbonyl (C=O) groups excluding carboxylic acids is 1. The summed E-state index contributed by atoms with van der Waals surface area (Å²) in [5.41, 5.74) is 3.13. The van der Waals surface area contributed by atoms with E-state index in [9.17, 15) is 14.7 Å². The van der Waals surface area contributed by atoms with Crippen LogP contribution in [-0.2, 0) is 4.74 Å². The van der Waals surface area contributed by atoms with Gasteiger partial charge >= 0.3 is 12.1 Å². The molecule has 0 aromatic heterocycles. The summed E-state index contributed by atoms with van der Waals surface area (Å²) in [6, 6.07) is 10.6. The van der Waals surface area contributed by atoms with Crippen LogP contribution in [0.2, 0.25) is 0 Å². The molecule has 0 amide bonds. The minimum absolute atomic E-state index is 0.0730. The molecule has 0 aliphatic rings. The van der Waals surface area contributed by atoms with Crippen LogP contribution in [0.1, 0.15) is 67.9 Å². The Hall–Kier alpha value is -2.82. The van der Waals surface area contributed by atoms with Gasteiger partial charge in [-0.25, -0.2) is 9.59 Å². The molecule has 5 nitrogen and oxygen atoms in total. The fourth-order valence-corrected chi connectivity index (χ4v) is 2.89. The third-order valence-electron chi connectivity index (χ3n) is 4.32. The Morgan fingerprint density at radius 2 is 1.67 bits per heavy atom. The largest absolute Gasteiger partial charge is 0.513 e. The maximum atomic E-state index is 12.0. The van der Waals surface area contributed by atoms with E-state index in [0.29, 0.717) is 16.9 Å². The fraction of sp³-hybridized carbons (Fsp3) is 0.364. The minimum atomic E-state index is -1.03. The van der Waals surface area contributed by atoms with Gasteiger partial charge < -0.3 is 14.6 Å². The van der Waals surface area contributed by atoms with Crippen molar-refractivity contribution >= 4 is 12.1 Å². The van der Waals surface area contributed by atoms with E-state index >= 15 is 0 Å². The Morgan fingerprint density at radius 1 is 1.00 bits per heavy atom. The average molecular weight is 370 g/mol. The first-order valence-corrected chi connectivity index (χ1v) is 9.11. The Kier molecular flexibility index (Phi) is 6.61. The molecular weight excluding hydrogens is 344 g/mol. The van der Waals surface area contributed by atoms with Gasteiger partial charge in [0.15, 0.2) is 0 Å². The molecule has 1 N–H and O–H groups in total. The number of carboxylic acid groups (broad SMARTS) is 1. The molecule has 0 spiro atoms. The zero-order chi connectivity index (χ0) is 20.1. The van der Waals surface area contributed by atoms with Crippen LogP contribution in [0.25, 0.3) is 11.1 Å². The van der Waals surface area contributed by atoms with Gasteiger partial charge in [-0.05, 0) is 47.6 Å². The number of rotatable bonds is 6. The number of carboxylic acids is 1. The van der Waals surface area contributed by atoms with Crippen molar-refractivity contribution in [1.29, 1.82) is 0 Å². The second-order valence-electron chi connectivity index (χ2n) is 6.93. The number of ether oxygens (including phenoxy) is 2. The predicted octanol–water partition coefficient (Wildman–Crippen LogP) is 5.83. The summed E-state index contributed by atoms with van der Waals surface area (Å²) < 4.78 is 10.5. The lowest BCUT2D eigenvalue weighted by molar-refractivity contribution is 0.0697. The van der Waals surface area contributed by atoms with Gasteiger partial charge in [-0.15, -0.1) is 0 Å². The number of aromatic carboxylic acids is 1. The summed E-state index contributed by atoms with van der Waals surface area (Å²) in [5, 5.41) is 9.61. The van der Waals surface area contributed by atoms with Crippen LogP contribution in [0, 0.1) is 0 Å². The van der Waals surface area contributed by atoms with Crippen LogP contribution in [-0.4, -0.2) is 23.8 Å². The quantitative estimate of drug-likeness (QED) is 0.511. The third kappa shape index (κ3) is 4.67. The van der Waals surface area contributed by atoms with Gasteiger partial charge in [-0.1, -0.05) is 52.0 Å². The summed E-state index contributed by atoms with van der Waals surface area (Å²) in [5.74, 6) is -0.381. The van der Waals surface area contributed by atoms with Gasteiger partial charge in [0.2, 0.25) is 0 Å². The molecule has 144 valence electrons. The molecule has 0 radical (unpaired) electrons. The lowest BCUT2D eigenvalue weighted by Gasteiger charge is -2.21. The third-order valence-corrected chi connectivity index (χ3v) is 4.32. The van der Waals surface area contributed by atoms with E-state index in [4.69, 9.17) is 9.47 Å². The SMILES string of the molecule is CCOC(=O)Oc1c(-c2ccccc2C(=O)O)cc(C(C)C)cc1C(C)C. The van der Waals surface area contributed by atoms with Crippen molar-refractivity contribution in [2.24, 2.45) is 0 Å². The summed E-state index contributed by atoms with van der Waals surface area (Å²) >= 11 is 0. The van der Waals surface area contributed by atoms with Crippen LogP contribution in [0.4, 0.5) is 4.79 Å². The molecule has 2 aromatic carbocycles. The van der Waals surface area contributed by atoms with Crippen LogP contribution in [0.15, 0.2) is 36.4 Å². The molecule has 0 atom stereocenters. The van der Waals surface area contributed by atoms with Crippen molar-refractivity contribution in [3.63, 3.8) is 0 Å². The highest BCUT2D eigenvalue weighted by Gasteiger charge is 2.23. The topological polar surface area (TPSA) is 72.8 Å². The smallest absolute Gasteiger partial charge is 0.478 e. The molecule has 5 heteroatoms. The van der Waals surface area contributed by atoms with Gasteiger partial charge in [0.1, 0.15) is 5.75 Å². The van der Waals surface area contributed by atoms with Gasteiger partial charge in [0.05, 0.1) is 12.2 Å². The summed E-state index contributed by atoms with van der Waals surface area (Å²) in [4.78, 5) is 23.8. The van der Waals surface area contributed by atoms with Crippen molar-refractivity contribution < 1.29 is 24.2 Å². The number of benzene rings is 2. The molecule has 2 rings (SSSR count). The van der Waals surface area contributed by atoms with E-state index in [-0.39, 0.29) is 24.0 Å². The zero-order valence-corrected chi connectivity index (χ0v) is 16.4. The molecule has 0 aliphatic heterocycles. The molecule has 0 bridgehead atoms. The summed E-state index contributed by atoms with van der Waals surface area (Å²) in [6.07, 6.45) is -0.800. The Morgan fingerprint density at radius 3 is 2.22 bits per heavy atom. The molecule has 2 aromatic rings. The normalized spacial score (nSPS) is 10.9. The van der Waals surface area contributed by atoms with Crippen molar-refractivity contribution in [1.82, 2.24) is 0 Å². The standard InChI is InChI=1S/C22H26O5/c1-6-26-22(25)27-20-18(14(4)5)11-15(13(2)3)12-19(20)16-9-7-8-10-17(16)21(23)24/h7-14H,6H2,1-5H3,(H,23,24). The summed E-state index contributed by atoms with van der Waals surface area (Å²) in [6.45, 7) is 10.0. The lowest BCUT2D eigenvalue weighted by atomic mass is 9.88. The Labute approximate surface area is 159 Å². The van der Waals surface area contributed by atoms with E-state index in [0.717, 1.165) is 11.1 Å². The van der Waals surface area contributed by atoms with Crippen LogP contribution >= 0.6 is 0 Å². The van der Waals surface area contributed by atoms with Gasteiger partial charge in [-0.2, -0.15) is 0 Å².